The number of nitrogens with one attached hydrogen (secondary N) is 1. The van der Waals surface area contributed by atoms with E-state index in [9.17, 15) is 0 Å². The number of aromatic nitrogens is 6. The summed E-state index contributed by atoms with van der Waals surface area (Å²) in [4.78, 5) is 4.78. The minimum Gasteiger partial charge on any atom is -0.497 e. The molecule has 0 spiro atoms. The number of rotatable bonds is 4. The van der Waals surface area contributed by atoms with Crippen LogP contribution in [-0.2, 0) is 13.0 Å². The van der Waals surface area contributed by atoms with Crippen molar-refractivity contribution in [2.75, 3.05) is 7.11 Å². The van der Waals surface area contributed by atoms with Gasteiger partial charge in [0, 0.05) is 29.3 Å². The largest absolute Gasteiger partial charge is 0.497 e. The number of methoxy groups -OCH3 is 1. The van der Waals surface area contributed by atoms with Crippen LogP contribution < -0.4 is 4.74 Å². The summed E-state index contributed by atoms with van der Waals surface area (Å²) in [5.41, 5.74) is 8.53. The lowest BCUT2D eigenvalue weighted by molar-refractivity contribution is 0.415. The molecule has 6 rings (SSSR count). The topological polar surface area (TPSA) is 73.6 Å². The lowest BCUT2D eigenvalue weighted by Crippen LogP contribution is -2.00. The van der Waals surface area contributed by atoms with Gasteiger partial charge in [-0.3, -0.25) is 9.78 Å². The SMILES string of the molecule is COc1ccc2c(c1)-c1[nH]ncc1Cc1c(-c3cnn(Cc4ccccc4)c3)ncn1-2. The molecule has 0 unspecified atom stereocenters. The second kappa shape index (κ2) is 6.98. The summed E-state index contributed by atoms with van der Waals surface area (Å²) in [5, 5.41) is 12.0. The Morgan fingerprint density at radius 2 is 2.00 bits per heavy atom. The molecule has 31 heavy (non-hydrogen) atoms. The summed E-state index contributed by atoms with van der Waals surface area (Å²) in [6, 6.07) is 16.4. The highest BCUT2D eigenvalue weighted by Crippen LogP contribution is 2.38. The van der Waals surface area contributed by atoms with Gasteiger partial charge in [-0.2, -0.15) is 10.2 Å². The Labute approximate surface area is 179 Å². The minimum absolute atomic E-state index is 0.724. The van der Waals surface area contributed by atoms with Gasteiger partial charge in [-0.1, -0.05) is 30.3 Å². The van der Waals surface area contributed by atoms with Crippen LogP contribution in [0.2, 0.25) is 0 Å². The summed E-state index contributed by atoms with van der Waals surface area (Å²) in [5.74, 6) is 0.810. The molecule has 1 aliphatic heterocycles. The number of benzene rings is 2. The molecule has 1 N–H and O–H groups in total. The van der Waals surface area contributed by atoms with Crippen LogP contribution in [0.15, 0.2) is 73.4 Å². The van der Waals surface area contributed by atoms with Crippen LogP contribution in [-0.4, -0.2) is 36.6 Å². The first-order valence-electron chi connectivity index (χ1n) is 10.1. The number of hydrogen-bond donors (Lipinski definition) is 1. The van der Waals surface area contributed by atoms with E-state index in [0.29, 0.717) is 0 Å². The van der Waals surface area contributed by atoms with Crippen molar-refractivity contribution in [1.29, 1.82) is 0 Å². The van der Waals surface area contributed by atoms with E-state index in [1.807, 2.05) is 53.7 Å². The summed E-state index contributed by atoms with van der Waals surface area (Å²) >= 11 is 0. The standard InChI is InChI=1S/C24H20N6O/c1-31-19-7-8-21-20(10-19)23-17(11-26-28-23)9-22-24(25-15-30(21)22)18-12-27-29(14-18)13-16-5-3-2-4-6-16/h2-8,10-12,14-15H,9,13H2,1H3,(H,26,28). The predicted molar refractivity (Wildman–Crippen MR) is 117 cm³/mol. The Bertz CT molecular complexity index is 1380. The third kappa shape index (κ3) is 2.93. The van der Waals surface area contributed by atoms with Crippen molar-refractivity contribution in [1.82, 2.24) is 29.5 Å². The molecule has 152 valence electrons. The molecule has 0 saturated heterocycles. The fraction of sp³-hybridized carbons (Fsp3) is 0.125. The van der Waals surface area contributed by atoms with Gasteiger partial charge < -0.3 is 9.30 Å². The van der Waals surface area contributed by atoms with Gasteiger partial charge in [0.1, 0.15) is 12.1 Å². The van der Waals surface area contributed by atoms with E-state index in [1.165, 1.54) is 5.56 Å². The normalized spacial score (nSPS) is 12.0. The fourth-order valence-corrected chi connectivity index (χ4v) is 4.25. The van der Waals surface area contributed by atoms with Crippen LogP contribution in [0.5, 0.6) is 5.75 Å². The first kappa shape index (κ1) is 17.7. The van der Waals surface area contributed by atoms with E-state index in [-0.39, 0.29) is 0 Å². The summed E-state index contributed by atoms with van der Waals surface area (Å²) in [6.07, 6.45) is 8.46. The van der Waals surface area contributed by atoms with Crippen molar-refractivity contribution in [3.63, 3.8) is 0 Å². The average molecular weight is 408 g/mol. The molecule has 0 fully saturated rings. The zero-order valence-electron chi connectivity index (χ0n) is 17.0. The molecule has 0 saturated carbocycles. The lowest BCUT2D eigenvalue weighted by Gasteiger charge is -2.11. The number of fused-ring (bicyclic) bond motifs is 5. The molecule has 0 amide bonds. The van der Waals surface area contributed by atoms with Crippen LogP contribution >= 0.6 is 0 Å². The third-order valence-electron chi connectivity index (χ3n) is 5.77. The number of aromatic amines is 1. The lowest BCUT2D eigenvalue weighted by atomic mass is 10.0. The second-order valence-electron chi connectivity index (χ2n) is 7.65. The van der Waals surface area contributed by atoms with Crippen LogP contribution in [0.3, 0.4) is 0 Å². The molecule has 0 atom stereocenters. The van der Waals surface area contributed by atoms with Crippen molar-refractivity contribution in [2.45, 2.75) is 13.0 Å². The van der Waals surface area contributed by atoms with Crippen molar-refractivity contribution in [3.05, 3.63) is 90.3 Å². The van der Waals surface area contributed by atoms with E-state index in [2.05, 4.69) is 44.3 Å². The number of nitrogens with zero attached hydrogens (tertiary/aromatic N) is 5. The zero-order valence-corrected chi connectivity index (χ0v) is 17.0. The Hall–Kier alpha value is -4.13. The van der Waals surface area contributed by atoms with Crippen molar-refractivity contribution in [2.24, 2.45) is 0 Å². The smallest absolute Gasteiger partial charge is 0.119 e. The van der Waals surface area contributed by atoms with Gasteiger partial charge in [-0.15, -0.1) is 0 Å². The van der Waals surface area contributed by atoms with Crippen molar-refractivity contribution >= 4 is 0 Å². The Morgan fingerprint density at radius 3 is 2.87 bits per heavy atom. The highest BCUT2D eigenvalue weighted by atomic mass is 16.5. The molecule has 0 aliphatic carbocycles. The highest BCUT2D eigenvalue weighted by molar-refractivity contribution is 5.77. The maximum atomic E-state index is 5.46. The van der Waals surface area contributed by atoms with Gasteiger partial charge in [0.25, 0.3) is 0 Å². The van der Waals surface area contributed by atoms with Gasteiger partial charge in [0.15, 0.2) is 0 Å². The number of imidazole rings is 1. The zero-order chi connectivity index (χ0) is 20.8. The summed E-state index contributed by atoms with van der Waals surface area (Å²) in [7, 11) is 1.68. The highest BCUT2D eigenvalue weighted by Gasteiger charge is 2.25. The molecule has 0 bridgehead atoms. The molecule has 5 aromatic rings. The summed E-state index contributed by atoms with van der Waals surface area (Å²) < 4.78 is 9.57. The van der Waals surface area contributed by atoms with Crippen LogP contribution in [0.1, 0.15) is 16.8 Å². The quantitative estimate of drug-likeness (QED) is 0.477. The summed E-state index contributed by atoms with van der Waals surface area (Å²) in [6.45, 7) is 0.728. The maximum absolute atomic E-state index is 5.46. The van der Waals surface area contributed by atoms with Gasteiger partial charge in [-0.25, -0.2) is 4.98 Å². The van der Waals surface area contributed by atoms with Crippen molar-refractivity contribution < 1.29 is 4.74 Å². The Morgan fingerprint density at radius 1 is 1.10 bits per heavy atom. The van der Waals surface area contributed by atoms with Gasteiger partial charge >= 0.3 is 0 Å². The predicted octanol–water partition coefficient (Wildman–Crippen LogP) is 4.09. The Kier molecular flexibility index (Phi) is 3.99. The molecule has 3 aromatic heterocycles. The molecule has 0 radical (unpaired) electrons. The molecule has 7 nitrogen and oxygen atoms in total. The molecular formula is C24H20N6O. The van der Waals surface area contributed by atoms with E-state index in [0.717, 1.165) is 58.2 Å². The van der Waals surface area contributed by atoms with Gasteiger partial charge in [-0.05, 0) is 23.8 Å². The van der Waals surface area contributed by atoms with Gasteiger partial charge in [0.2, 0.25) is 0 Å². The maximum Gasteiger partial charge on any atom is 0.119 e. The third-order valence-corrected chi connectivity index (χ3v) is 5.77. The second-order valence-corrected chi connectivity index (χ2v) is 7.65. The van der Waals surface area contributed by atoms with Crippen LogP contribution in [0.4, 0.5) is 0 Å². The molecule has 1 aliphatic rings. The molecule has 7 heteroatoms. The van der Waals surface area contributed by atoms with Gasteiger partial charge in [0.05, 0.1) is 48.8 Å². The first-order chi connectivity index (χ1) is 15.3. The molecular weight excluding hydrogens is 388 g/mol. The number of hydrogen-bond acceptors (Lipinski definition) is 4. The Balaban J connectivity index is 1.44. The molecule has 4 heterocycles. The average Bonchev–Trinajstić information content (AvgIpc) is 3.53. The van der Waals surface area contributed by atoms with E-state index < -0.39 is 0 Å². The number of H-pyrrole nitrogens is 1. The number of ether oxygens (including phenoxy) is 1. The van der Waals surface area contributed by atoms with Crippen LogP contribution in [0.25, 0.3) is 28.2 Å². The van der Waals surface area contributed by atoms with Crippen LogP contribution in [0, 0.1) is 0 Å². The monoisotopic (exact) mass is 408 g/mol. The minimum atomic E-state index is 0.724. The fourth-order valence-electron chi connectivity index (χ4n) is 4.25. The van der Waals surface area contributed by atoms with E-state index >= 15 is 0 Å². The first-order valence-corrected chi connectivity index (χ1v) is 10.1. The van der Waals surface area contributed by atoms with E-state index in [4.69, 9.17) is 9.72 Å². The molecule has 2 aromatic carbocycles. The van der Waals surface area contributed by atoms with E-state index in [1.54, 1.807) is 7.11 Å². The van der Waals surface area contributed by atoms with Crippen molar-refractivity contribution in [3.8, 4) is 34.0 Å².